The van der Waals surface area contributed by atoms with Crippen molar-refractivity contribution >= 4 is 11.8 Å². The Hall–Kier alpha value is -2.82. The van der Waals surface area contributed by atoms with E-state index in [4.69, 9.17) is 9.47 Å². The maximum atomic E-state index is 12.9. The van der Waals surface area contributed by atoms with E-state index >= 15 is 0 Å². The monoisotopic (exact) mass is 339 g/mol. The number of nitrogens with zero attached hydrogens (tertiary/aromatic N) is 1. The lowest BCUT2D eigenvalue weighted by molar-refractivity contribution is 0.0641. The summed E-state index contributed by atoms with van der Waals surface area (Å²) in [4.78, 5) is 26.9. The molecule has 5 heteroatoms. The van der Waals surface area contributed by atoms with Gasteiger partial charge in [0.1, 0.15) is 0 Å². The fourth-order valence-corrected chi connectivity index (χ4v) is 3.23. The van der Waals surface area contributed by atoms with Gasteiger partial charge in [0.15, 0.2) is 11.5 Å². The van der Waals surface area contributed by atoms with Gasteiger partial charge in [0.25, 0.3) is 11.8 Å². The number of carbonyl (C=O) groups excluding carboxylic acids is 2. The summed E-state index contributed by atoms with van der Waals surface area (Å²) in [5.74, 6) is 0.104. The molecule has 130 valence electrons. The van der Waals surface area contributed by atoms with E-state index in [9.17, 15) is 9.59 Å². The van der Waals surface area contributed by atoms with Gasteiger partial charge in [-0.15, -0.1) is 0 Å². The summed E-state index contributed by atoms with van der Waals surface area (Å²) in [5, 5.41) is 0. The molecule has 2 aromatic carbocycles. The van der Waals surface area contributed by atoms with Gasteiger partial charge in [0, 0.05) is 0 Å². The Bertz CT molecular complexity index is 828. The third-order valence-electron chi connectivity index (χ3n) is 4.45. The number of amides is 2. The quantitative estimate of drug-likeness (QED) is 0.757. The zero-order chi connectivity index (χ0) is 18.0. The van der Waals surface area contributed by atoms with Crippen molar-refractivity contribution in [3.8, 4) is 11.5 Å². The van der Waals surface area contributed by atoms with Crippen LogP contribution in [-0.2, 0) is 13.0 Å². The molecule has 0 saturated carbocycles. The second-order valence-electron chi connectivity index (χ2n) is 5.94. The van der Waals surface area contributed by atoms with Crippen LogP contribution in [0.25, 0.3) is 0 Å². The van der Waals surface area contributed by atoms with Crippen molar-refractivity contribution in [2.24, 2.45) is 0 Å². The number of rotatable bonds is 6. The zero-order valence-electron chi connectivity index (χ0n) is 14.7. The molecule has 0 aliphatic carbocycles. The van der Waals surface area contributed by atoms with E-state index in [1.807, 2.05) is 24.3 Å². The SMILES string of the molecule is CCCc1ccccc1CN1C(=O)c2ccc(OC)c(OC)c2C1=O. The van der Waals surface area contributed by atoms with Crippen LogP contribution in [0.1, 0.15) is 45.2 Å². The van der Waals surface area contributed by atoms with Crippen molar-refractivity contribution in [1.82, 2.24) is 4.90 Å². The van der Waals surface area contributed by atoms with Crippen LogP contribution in [0, 0.1) is 0 Å². The first kappa shape index (κ1) is 17.0. The third kappa shape index (κ3) is 2.86. The van der Waals surface area contributed by atoms with Gasteiger partial charge in [0.2, 0.25) is 0 Å². The summed E-state index contributed by atoms with van der Waals surface area (Å²) in [6, 6.07) is 11.2. The van der Waals surface area contributed by atoms with Gasteiger partial charge in [-0.3, -0.25) is 14.5 Å². The average Bonchev–Trinajstić information content (AvgIpc) is 2.87. The molecule has 3 rings (SSSR count). The molecule has 2 aromatic rings. The molecular weight excluding hydrogens is 318 g/mol. The Morgan fingerprint density at radius 1 is 0.920 bits per heavy atom. The molecule has 2 amide bonds. The summed E-state index contributed by atoms with van der Waals surface area (Å²) in [6.45, 7) is 2.37. The molecule has 0 unspecified atom stereocenters. The third-order valence-corrected chi connectivity index (χ3v) is 4.45. The number of hydrogen-bond acceptors (Lipinski definition) is 4. The normalized spacial score (nSPS) is 13.2. The van der Waals surface area contributed by atoms with E-state index in [1.165, 1.54) is 19.1 Å². The van der Waals surface area contributed by atoms with E-state index in [0.717, 1.165) is 24.0 Å². The Kier molecular flexibility index (Phi) is 4.74. The first-order chi connectivity index (χ1) is 12.1. The van der Waals surface area contributed by atoms with Crippen LogP contribution < -0.4 is 9.47 Å². The van der Waals surface area contributed by atoms with E-state index in [2.05, 4.69) is 6.92 Å². The van der Waals surface area contributed by atoms with Crippen molar-refractivity contribution in [2.75, 3.05) is 14.2 Å². The number of aryl methyl sites for hydroxylation is 1. The van der Waals surface area contributed by atoms with E-state index < -0.39 is 0 Å². The zero-order valence-corrected chi connectivity index (χ0v) is 14.7. The van der Waals surface area contributed by atoms with Gasteiger partial charge in [-0.05, 0) is 29.7 Å². The molecule has 0 spiro atoms. The molecule has 0 radical (unpaired) electrons. The number of methoxy groups -OCH3 is 2. The summed E-state index contributed by atoms with van der Waals surface area (Å²) in [7, 11) is 2.97. The van der Waals surface area contributed by atoms with Crippen molar-refractivity contribution in [1.29, 1.82) is 0 Å². The predicted octanol–water partition coefficient (Wildman–Crippen LogP) is 3.45. The molecular formula is C20H21NO4. The molecule has 0 atom stereocenters. The van der Waals surface area contributed by atoms with Gasteiger partial charge in [-0.2, -0.15) is 0 Å². The first-order valence-electron chi connectivity index (χ1n) is 8.30. The molecule has 0 bridgehead atoms. The highest BCUT2D eigenvalue weighted by molar-refractivity contribution is 6.22. The number of benzene rings is 2. The Labute approximate surface area is 147 Å². The average molecular weight is 339 g/mol. The molecule has 1 aliphatic rings. The van der Waals surface area contributed by atoms with Crippen molar-refractivity contribution in [3.05, 3.63) is 58.7 Å². The van der Waals surface area contributed by atoms with Gasteiger partial charge in [0.05, 0.1) is 31.9 Å². The number of imide groups is 1. The Morgan fingerprint density at radius 2 is 1.64 bits per heavy atom. The fraction of sp³-hybridized carbons (Fsp3) is 0.300. The van der Waals surface area contributed by atoms with Crippen LogP contribution in [0.5, 0.6) is 11.5 Å². The minimum atomic E-state index is -0.345. The highest BCUT2D eigenvalue weighted by atomic mass is 16.5. The summed E-state index contributed by atoms with van der Waals surface area (Å²) in [6.07, 6.45) is 1.92. The maximum absolute atomic E-state index is 12.9. The van der Waals surface area contributed by atoms with E-state index in [0.29, 0.717) is 17.1 Å². The number of ether oxygens (including phenoxy) is 2. The van der Waals surface area contributed by atoms with Crippen LogP contribution >= 0.6 is 0 Å². The van der Waals surface area contributed by atoms with Crippen LogP contribution in [0.2, 0.25) is 0 Å². The largest absolute Gasteiger partial charge is 0.493 e. The van der Waals surface area contributed by atoms with Crippen molar-refractivity contribution in [2.45, 2.75) is 26.3 Å². The summed E-state index contributed by atoms with van der Waals surface area (Å²) in [5.41, 5.74) is 2.78. The topological polar surface area (TPSA) is 55.8 Å². The summed E-state index contributed by atoms with van der Waals surface area (Å²) < 4.78 is 10.6. The van der Waals surface area contributed by atoms with Gasteiger partial charge in [-0.1, -0.05) is 37.6 Å². The minimum absolute atomic E-state index is 0.258. The lowest BCUT2D eigenvalue weighted by Gasteiger charge is -2.16. The van der Waals surface area contributed by atoms with Gasteiger partial charge < -0.3 is 9.47 Å². The van der Waals surface area contributed by atoms with Crippen LogP contribution in [0.4, 0.5) is 0 Å². The predicted molar refractivity (Wildman–Crippen MR) is 94.2 cm³/mol. The molecule has 0 aromatic heterocycles. The number of carbonyl (C=O) groups is 2. The lowest BCUT2D eigenvalue weighted by Crippen LogP contribution is -2.29. The highest BCUT2D eigenvalue weighted by Crippen LogP contribution is 2.38. The highest BCUT2D eigenvalue weighted by Gasteiger charge is 2.39. The smallest absolute Gasteiger partial charge is 0.265 e. The first-order valence-corrected chi connectivity index (χ1v) is 8.30. The second-order valence-corrected chi connectivity index (χ2v) is 5.94. The number of fused-ring (bicyclic) bond motifs is 1. The Balaban J connectivity index is 1.98. The van der Waals surface area contributed by atoms with E-state index in [1.54, 1.807) is 12.1 Å². The maximum Gasteiger partial charge on any atom is 0.265 e. The van der Waals surface area contributed by atoms with E-state index in [-0.39, 0.29) is 23.9 Å². The van der Waals surface area contributed by atoms with Crippen molar-refractivity contribution < 1.29 is 19.1 Å². The second kappa shape index (κ2) is 6.97. The van der Waals surface area contributed by atoms with Crippen molar-refractivity contribution in [3.63, 3.8) is 0 Å². The van der Waals surface area contributed by atoms with Crippen LogP contribution in [-0.4, -0.2) is 30.9 Å². The Morgan fingerprint density at radius 3 is 2.28 bits per heavy atom. The molecule has 5 nitrogen and oxygen atoms in total. The standard InChI is InChI=1S/C20H21NO4/c1-4-7-13-8-5-6-9-14(13)12-21-19(22)15-10-11-16(24-2)18(25-3)17(15)20(21)23/h5-6,8-11H,4,7,12H2,1-3H3. The minimum Gasteiger partial charge on any atom is -0.493 e. The number of hydrogen-bond donors (Lipinski definition) is 0. The van der Waals surface area contributed by atoms with Gasteiger partial charge >= 0.3 is 0 Å². The molecule has 0 fully saturated rings. The van der Waals surface area contributed by atoms with Crippen LogP contribution in [0.15, 0.2) is 36.4 Å². The summed E-state index contributed by atoms with van der Waals surface area (Å²) >= 11 is 0. The van der Waals surface area contributed by atoms with Gasteiger partial charge in [-0.25, -0.2) is 0 Å². The molecule has 25 heavy (non-hydrogen) atoms. The molecule has 0 saturated heterocycles. The molecule has 1 aliphatic heterocycles. The fourth-order valence-electron chi connectivity index (χ4n) is 3.23. The molecule has 0 N–H and O–H groups in total. The lowest BCUT2D eigenvalue weighted by atomic mass is 10.0. The van der Waals surface area contributed by atoms with Crippen LogP contribution in [0.3, 0.4) is 0 Å². The molecule has 1 heterocycles.